The molecule has 1 spiro atoms. The Labute approximate surface area is 143 Å². The minimum Gasteiger partial charge on any atom is -0.356 e. The number of hydrogen-bond donors (Lipinski definition) is 1. The number of nitrogens with one attached hydrogen (secondary N) is 1. The van der Waals surface area contributed by atoms with Crippen LogP contribution in [0, 0.1) is 5.41 Å². The highest BCUT2D eigenvalue weighted by Crippen LogP contribution is 2.47. The van der Waals surface area contributed by atoms with Gasteiger partial charge in [0.25, 0.3) is 0 Å². The van der Waals surface area contributed by atoms with Gasteiger partial charge >= 0.3 is 0 Å². The maximum Gasteiger partial charge on any atom is 0.193 e. The van der Waals surface area contributed by atoms with E-state index in [4.69, 9.17) is 0 Å². The second-order valence-corrected chi connectivity index (χ2v) is 7.15. The number of hydrogen-bond acceptors (Lipinski definition) is 3. The van der Waals surface area contributed by atoms with Crippen LogP contribution in [0.4, 0.5) is 0 Å². The molecule has 0 amide bonds. The van der Waals surface area contributed by atoms with Crippen LogP contribution >= 0.6 is 0 Å². The molecule has 2 aromatic rings. The van der Waals surface area contributed by atoms with E-state index in [1.54, 1.807) is 0 Å². The molecule has 0 unspecified atom stereocenters. The van der Waals surface area contributed by atoms with E-state index in [0.717, 1.165) is 43.4 Å². The van der Waals surface area contributed by atoms with Crippen molar-refractivity contribution >= 4 is 11.6 Å². The van der Waals surface area contributed by atoms with Gasteiger partial charge in [-0.25, -0.2) is 0 Å². The van der Waals surface area contributed by atoms with Gasteiger partial charge in [-0.3, -0.25) is 9.39 Å². The molecule has 24 heavy (non-hydrogen) atoms. The number of guanidine groups is 1. The zero-order valence-electron chi connectivity index (χ0n) is 14.4. The van der Waals surface area contributed by atoms with Gasteiger partial charge in [0.15, 0.2) is 11.6 Å². The molecule has 4 rings (SSSR count). The maximum absolute atomic E-state index is 4.48. The smallest absolute Gasteiger partial charge is 0.193 e. The molecule has 2 aliphatic rings. The van der Waals surface area contributed by atoms with Crippen molar-refractivity contribution in [2.75, 3.05) is 26.7 Å². The van der Waals surface area contributed by atoms with Crippen molar-refractivity contribution in [1.82, 2.24) is 24.8 Å². The number of pyridine rings is 1. The van der Waals surface area contributed by atoms with Crippen LogP contribution in [0.5, 0.6) is 0 Å². The standard InChI is InChI=1S/C18H26N6/c1-19-17(23-13-10-18(14-23)8-5-9-18)20-11-4-7-16-22-21-15-6-2-3-12-24(15)16/h2-3,6,12H,4-5,7-11,13-14H2,1H3,(H,19,20). The van der Waals surface area contributed by atoms with Crippen LogP contribution < -0.4 is 5.32 Å². The van der Waals surface area contributed by atoms with Gasteiger partial charge in [-0.15, -0.1) is 10.2 Å². The van der Waals surface area contributed by atoms with E-state index >= 15 is 0 Å². The van der Waals surface area contributed by atoms with Crippen LogP contribution in [0.3, 0.4) is 0 Å². The number of aliphatic imine (C=N–C) groups is 1. The number of rotatable bonds is 4. The molecule has 6 nitrogen and oxygen atoms in total. The maximum atomic E-state index is 4.48. The highest BCUT2D eigenvalue weighted by atomic mass is 15.3. The van der Waals surface area contributed by atoms with Crippen molar-refractivity contribution in [3.63, 3.8) is 0 Å². The Bertz CT molecular complexity index is 730. The first-order valence-corrected chi connectivity index (χ1v) is 9.04. The minimum atomic E-state index is 0.609. The second kappa shape index (κ2) is 6.42. The Hall–Kier alpha value is -2.11. The molecule has 0 aromatic carbocycles. The molecule has 1 N–H and O–H groups in total. The normalized spacial score (nSPS) is 19.9. The lowest BCUT2D eigenvalue weighted by Gasteiger charge is -2.38. The number of likely N-dealkylation sites (tertiary alicyclic amines) is 1. The Balaban J connectivity index is 1.27. The summed E-state index contributed by atoms with van der Waals surface area (Å²) >= 11 is 0. The van der Waals surface area contributed by atoms with Gasteiger partial charge in [-0.05, 0) is 43.2 Å². The van der Waals surface area contributed by atoms with Crippen LogP contribution in [0.1, 0.15) is 37.9 Å². The number of nitrogens with zero attached hydrogens (tertiary/aromatic N) is 5. The minimum absolute atomic E-state index is 0.609. The summed E-state index contributed by atoms with van der Waals surface area (Å²) in [6, 6.07) is 5.99. The molecule has 0 bridgehead atoms. The molecule has 6 heteroatoms. The fraction of sp³-hybridized carbons (Fsp3) is 0.611. The largest absolute Gasteiger partial charge is 0.356 e. The molecule has 1 aliphatic heterocycles. The molecule has 2 aromatic heterocycles. The lowest BCUT2D eigenvalue weighted by atomic mass is 9.68. The van der Waals surface area contributed by atoms with Crippen LogP contribution in [0.15, 0.2) is 29.4 Å². The highest BCUT2D eigenvalue weighted by molar-refractivity contribution is 5.80. The Morgan fingerprint density at radius 1 is 1.29 bits per heavy atom. The van der Waals surface area contributed by atoms with Crippen LogP contribution in [0.2, 0.25) is 0 Å². The fourth-order valence-corrected chi connectivity index (χ4v) is 4.04. The topological polar surface area (TPSA) is 57.8 Å². The molecular weight excluding hydrogens is 300 g/mol. The average molecular weight is 326 g/mol. The summed E-state index contributed by atoms with van der Waals surface area (Å²) in [5.74, 6) is 2.09. The first-order valence-electron chi connectivity index (χ1n) is 9.04. The predicted octanol–water partition coefficient (Wildman–Crippen LogP) is 2.11. The third-order valence-corrected chi connectivity index (χ3v) is 5.61. The lowest BCUT2D eigenvalue weighted by molar-refractivity contribution is 0.151. The summed E-state index contributed by atoms with van der Waals surface area (Å²) in [7, 11) is 1.89. The molecule has 0 radical (unpaired) electrons. The number of aromatic nitrogens is 3. The van der Waals surface area contributed by atoms with Crippen LogP contribution in [0.25, 0.3) is 5.65 Å². The van der Waals surface area contributed by atoms with Crippen molar-refractivity contribution in [2.24, 2.45) is 10.4 Å². The van der Waals surface area contributed by atoms with E-state index < -0.39 is 0 Å². The van der Waals surface area contributed by atoms with Gasteiger partial charge in [-0.1, -0.05) is 12.5 Å². The Morgan fingerprint density at radius 2 is 2.21 bits per heavy atom. The van der Waals surface area contributed by atoms with Crippen molar-refractivity contribution in [3.8, 4) is 0 Å². The molecule has 0 atom stereocenters. The van der Waals surface area contributed by atoms with Gasteiger partial charge in [0.1, 0.15) is 5.82 Å². The monoisotopic (exact) mass is 326 g/mol. The summed E-state index contributed by atoms with van der Waals surface area (Å²) in [6.45, 7) is 3.24. The first-order chi connectivity index (χ1) is 11.8. The zero-order chi connectivity index (χ0) is 16.4. The van der Waals surface area contributed by atoms with E-state index in [-0.39, 0.29) is 0 Å². The Morgan fingerprint density at radius 3 is 2.96 bits per heavy atom. The molecule has 1 saturated carbocycles. The van der Waals surface area contributed by atoms with Crippen molar-refractivity contribution in [3.05, 3.63) is 30.2 Å². The number of fused-ring (bicyclic) bond motifs is 1. The van der Waals surface area contributed by atoms with E-state index in [1.807, 2.05) is 31.4 Å². The molecule has 1 saturated heterocycles. The summed E-state index contributed by atoms with van der Waals surface area (Å²) in [5, 5.41) is 12.0. The molecule has 3 heterocycles. The third kappa shape index (κ3) is 2.85. The fourth-order valence-electron chi connectivity index (χ4n) is 4.04. The van der Waals surface area contributed by atoms with Crippen molar-refractivity contribution in [2.45, 2.75) is 38.5 Å². The first kappa shape index (κ1) is 15.4. The SMILES string of the molecule is CN=C(NCCCc1nnc2ccccn12)N1CCC2(CCC2)C1. The van der Waals surface area contributed by atoms with E-state index in [9.17, 15) is 0 Å². The molecule has 128 valence electrons. The van der Waals surface area contributed by atoms with Gasteiger partial charge < -0.3 is 10.2 Å². The van der Waals surface area contributed by atoms with Crippen LogP contribution in [-0.4, -0.2) is 52.1 Å². The average Bonchev–Trinajstić information content (AvgIpc) is 3.20. The van der Waals surface area contributed by atoms with Gasteiger partial charge in [0.05, 0.1) is 0 Å². The van der Waals surface area contributed by atoms with E-state index in [2.05, 4.69) is 29.8 Å². The molecule has 2 fully saturated rings. The van der Waals surface area contributed by atoms with E-state index in [0.29, 0.717) is 5.41 Å². The highest BCUT2D eigenvalue weighted by Gasteiger charge is 2.43. The Kier molecular flexibility index (Phi) is 4.12. The lowest BCUT2D eigenvalue weighted by Crippen LogP contribution is -2.42. The quantitative estimate of drug-likeness (QED) is 0.531. The van der Waals surface area contributed by atoms with Crippen molar-refractivity contribution < 1.29 is 0 Å². The predicted molar refractivity (Wildman–Crippen MR) is 95.1 cm³/mol. The van der Waals surface area contributed by atoms with E-state index in [1.165, 1.54) is 32.2 Å². The zero-order valence-corrected chi connectivity index (χ0v) is 14.4. The van der Waals surface area contributed by atoms with Gasteiger partial charge in [0.2, 0.25) is 0 Å². The van der Waals surface area contributed by atoms with Gasteiger partial charge in [0, 0.05) is 39.3 Å². The summed E-state index contributed by atoms with van der Waals surface area (Å²) < 4.78 is 2.07. The summed E-state index contributed by atoms with van der Waals surface area (Å²) in [4.78, 5) is 6.91. The second-order valence-electron chi connectivity index (χ2n) is 7.15. The van der Waals surface area contributed by atoms with Gasteiger partial charge in [-0.2, -0.15) is 0 Å². The van der Waals surface area contributed by atoms with Crippen LogP contribution in [-0.2, 0) is 6.42 Å². The number of aryl methyl sites for hydroxylation is 1. The third-order valence-electron chi connectivity index (χ3n) is 5.61. The molecule has 1 aliphatic carbocycles. The molecular formula is C18H26N6. The van der Waals surface area contributed by atoms with Crippen molar-refractivity contribution in [1.29, 1.82) is 0 Å². The summed E-state index contributed by atoms with van der Waals surface area (Å²) in [6.07, 6.45) is 9.51. The summed E-state index contributed by atoms with van der Waals surface area (Å²) in [5.41, 5.74) is 1.53.